The maximum atomic E-state index is 13.0. The van der Waals surface area contributed by atoms with Crippen molar-refractivity contribution in [2.45, 2.75) is 57.3 Å². The largest absolute Gasteiger partial charge is 0.480 e. The molecule has 0 spiro atoms. The standard InChI is InChI=1S/C23H37N7O6/c1-13(2)18(24)21(34)30-17(12-31)20(33)28-15(9-6-10-27-23(25)26)19(32)29-16(22(35)36)11-14-7-4-3-5-8-14/h3-5,7-8,13,15-18,31H,6,9-12,24H2,1-2H3,(H,28,33)(H,29,32)(H,30,34)(H,35,36)(H4,25,26,27). The minimum Gasteiger partial charge on any atom is -0.480 e. The van der Waals surface area contributed by atoms with Crippen LogP contribution in [-0.4, -0.2) is 77.2 Å². The highest BCUT2D eigenvalue weighted by Gasteiger charge is 2.30. The van der Waals surface area contributed by atoms with Gasteiger partial charge in [0, 0.05) is 13.0 Å². The minimum atomic E-state index is -1.37. The normalized spacial score (nSPS) is 14.1. The van der Waals surface area contributed by atoms with E-state index in [2.05, 4.69) is 20.9 Å². The van der Waals surface area contributed by atoms with Gasteiger partial charge in [-0.05, 0) is 24.3 Å². The van der Waals surface area contributed by atoms with E-state index in [1.807, 2.05) is 0 Å². The number of hydrogen-bond acceptors (Lipinski definition) is 7. The molecule has 0 saturated carbocycles. The maximum absolute atomic E-state index is 13.0. The van der Waals surface area contributed by atoms with E-state index in [4.69, 9.17) is 17.2 Å². The third-order valence-corrected chi connectivity index (χ3v) is 5.31. The minimum absolute atomic E-state index is 0.0268. The third-order valence-electron chi connectivity index (χ3n) is 5.31. The lowest BCUT2D eigenvalue weighted by molar-refractivity contribution is -0.142. The van der Waals surface area contributed by atoms with E-state index in [-0.39, 0.29) is 37.7 Å². The highest BCUT2D eigenvalue weighted by molar-refractivity contribution is 5.94. The molecule has 200 valence electrons. The first-order valence-corrected chi connectivity index (χ1v) is 11.6. The van der Waals surface area contributed by atoms with Gasteiger partial charge < -0.3 is 43.4 Å². The number of nitrogens with two attached hydrogens (primary N) is 3. The summed E-state index contributed by atoms with van der Waals surface area (Å²) in [4.78, 5) is 53.6. The Hall–Kier alpha value is -3.71. The average molecular weight is 508 g/mol. The molecular formula is C23H37N7O6. The molecule has 3 amide bonds. The Bertz CT molecular complexity index is 905. The summed E-state index contributed by atoms with van der Waals surface area (Å²) in [5.41, 5.74) is 17.1. The number of nitrogens with one attached hydrogen (secondary N) is 3. The van der Waals surface area contributed by atoms with E-state index in [1.54, 1.807) is 44.2 Å². The van der Waals surface area contributed by atoms with Gasteiger partial charge in [-0.25, -0.2) is 4.79 Å². The summed E-state index contributed by atoms with van der Waals surface area (Å²) in [6, 6.07) is 4.02. The number of aliphatic carboxylic acids is 1. The second-order valence-corrected chi connectivity index (χ2v) is 8.61. The summed E-state index contributed by atoms with van der Waals surface area (Å²) in [7, 11) is 0. The molecule has 0 fully saturated rings. The Morgan fingerprint density at radius 1 is 0.917 bits per heavy atom. The summed E-state index contributed by atoms with van der Waals surface area (Å²) >= 11 is 0. The second kappa shape index (κ2) is 15.3. The van der Waals surface area contributed by atoms with Crippen molar-refractivity contribution in [2.75, 3.05) is 13.2 Å². The van der Waals surface area contributed by atoms with E-state index in [1.165, 1.54) is 0 Å². The smallest absolute Gasteiger partial charge is 0.326 e. The number of aliphatic hydroxyl groups excluding tert-OH is 1. The van der Waals surface area contributed by atoms with Crippen LogP contribution in [0.15, 0.2) is 35.3 Å². The quantitative estimate of drug-likeness (QED) is 0.0729. The van der Waals surface area contributed by atoms with Crippen molar-refractivity contribution in [3.05, 3.63) is 35.9 Å². The van der Waals surface area contributed by atoms with E-state index < -0.39 is 54.5 Å². The number of amides is 3. The molecule has 1 aromatic carbocycles. The molecule has 4 unspecified atom stereocenters. The first-order valence-electron chi connectivity index (χ1n) is 11.6. The van der Waals surface area contributed by atoms with Crippen LogP contribution in [0.25, 0.3) is 0 Å². The highest BCUT2D eigenvalue weighted by atomic mass is 16.4. The van der Waals surface area contributed by atoms with E-state index >= 15 is 0 Å². The first kappa shape index (κ1) is 30.3. The lowest BCUT2D eigenvalue weighted by Crippen LogP contribution is -2.58. The van der Waals surface area contributed by atoms with Crippen LogP contribution in [-0.2, 0) is 25.6 Å². The number of carboxylic acids is 1. The number of benzene rings is 1. The molecule has 0 saturated heterocycles. The van der Waals surface area contributed by atoms with Crippen molar-refractivity contribution in [1.29, 1.82) is 0 Å². The lowest BCUT2D eigenvalue weighted by atomic mass is 10.0. The van der Waals surface area contributed by atoms with Gasteiger partial charge in [-0.3, -0.25) is 19.4 Å². The molecule has 0 bridgehead atoms. The Morgan fingerprint density at radius 3 is 2.00 bits per heavy atom. The van der Waals surface area contributed by atoms with Crippen LogP contribution in [0.4, 0.5) is 0 Å². The van der Waals surface area contributed by atoms with Gasteiger partial charge in [0.1, 0.15) is 18.1 Å². The Labute approximate surface area is 209 Å². The van der Waals surface area contributed by atoms with Crippen LogP contribution >= 0.6 is 0 Å². The van der Waals surface area contributed by atoms with Crippen molar-refractivity contribution in [3.8, 4) is 0 Å². The van der Waals surface area contributed by atoms with Crippen LogP contribution in [0.5, 0.6) is 0 Å². The topological polar surface area (TPSA) is 235 Å². The Morgan fingerprint density at radius 2 is 1.47 bits per heavy atom. The Kier molecular flexibility index (Phi) is 12.9. The molecule has 1 aromatic rings. The number of carbonyl (C=O) groups is 4. The number of carboxylic acid groups (broad SMARTS) is 1. The fraction of sp³-hybridized carbons (Fsp3) is 0.522. The molecule has 0 aromatic heterocycles. The lowest BCUT2D eigenvalue weighted by Gasteiger charge is -2.25. The van der Waals surface area contributed by atoms with Crippen molar-refractivity contribution >= 4 is 29.7 Å². The summed E-state index contributed by atoms with van der Waals surface area (Å²) in [6.07, 6.45) is 0.365. The first-order chi connectivity index (χ1) is 17.0. The van der Waals surface area contributed by atoms with Crippen molar-refractivity contribution in [1.82, 2.24) is 16.0 Å². The molecule has 0 heterocycles. The molecule has 0 aliphatic heterocycles. The van der Waals surface area contributed by atoms with Crippen LogP contribution in [0.3, 0.4) is 0 Å². The van der Waals surface area contributed by atoms with Gasteiger partial charge in [-0.15, -0.1) is 0 Å². The number of guanidine groups is 1. The van der Waals surface area contributed by atoms with E-state index in [0.29, 0.717) is 5.56 Å². The van der Waals surface area contributed by atoms with Crippen LogP contribution in [0, 0.1) is 5.92 Å². The molecule has 4 atom stereocenters. The zero-order valence-electron chi connectivity index (χ0n) is 20.5. The zero-order chi connectivity index (χ0) is 27.3. The van der Waals surface area contributed by atoms with Gasteiger partial charge >= 0.3 is 5.97 Å². The Balaban J connectivity index is 2.98. The molecule has 0 aliphatic carbocycles. The summed E-state index contributed by atoms with van der Waals surface area (Å²) in [5, 5.41) is 26.5. The number of aliphatic imine (C=N–C) groups is 1. The van der Waals surface area contributed by atoms with Gasteiger partial charge in [-0.2, -0.15) is 0 Å². The monoisotopic (exact) mass is 507 g/mol. The summed E-state index contributed by atoms with van der Waals surface area (Å²) in [5.74, 6) is -3.82. The molecule has 1 rings (SSSR count). The SMILES string of the molecule is CC(C)C(N)C(=O)NC(CO)C(=O)NC(CCCN=C(N)N)C(=O)NC(Cc1ccccc1)C(=O)O. The highest BCUT2D eigenvalue weighted by Crippen LogP contribution is 2.06. The molecule has 36 heavy (non-hydrogen) atoms. The zero-order valence-corrected chi connectivity index (χ0v) is 20.5. The number of rotatable bonds is 15. The van der Waals surface area contributed by atoms with Gasteiger partial charge in [0.15, 0.2) is 5.96 Å². The van der Waals surface area contributed by atoms with Crippen molar-refractivity contribution in [2.24, 2.45) is 28.1 Å². The number of hydrogen-bond donors (Lipinski definition) is 8. The molecule has 13 heteroatoms. The maximum Gasteiger partial charge on any atom is 0.326 e. The van der Waals surface area contributed by atoms with Crippen molar-refractivity contribution < 1.29 is 29.4 Å². The predicted octanol–water partition coefficient (Wildman–Crippen LogP) is -2.20. The van der Waals surface area contributed by atoms with E-state index in [0.717, 1.165) is 0 Å². The van der Waals surface area contributed by atoms with Crippen LogP contribution < -0.4 is 33.2 Å². The van der Waals surface area contributed by atoms with Gasteiger partial charge in [0.05, 0.1) is 12.6 Å². The van der Waals surface area contributed by atoms with Crippen LogP contribution in [0.1, 0.15) is 32.3 Å². The van der Waals surface area contributed by atoms with Gasteiger partial charge in [-0.1, -0.05) is 44.2 Å². The number of aliphatic hydroxyl groups is 1. The third kappa shape index (κ3) is 10.7. The fourth-order valence-electron chi connectivity index (χ4n) is 3.13. The predicted molar refractivity (Wildman–Crippen MR) is 133 cm³/mol. The molecule has 0 radical (unpaired) electrons. The van der Waals surface area contributed by atoms with Crippen LogP contribution in [0.2, 0.25) is 0 Å². The fourth-order valence-corrected chi connectivity index (χ4v) is 3.13. The second-order valence-electron chi connectivity index (χ2n) is 8.61. The molecule has 11 N–H and O–H groups in total. The number of nitrogens with zero attached hydrogens (tertiary/aromatic N) is 1. The average Bonchev–Trinajstić information content (AvgIpc) is 2.83. The molecule has 13 nitrogen and oxygen atoms in total. The van der Waals surface area contributed by atoms with Gasteiger partial charge in [0.2, 0.25) is 17.7 Å². The van der Waals surface area contributed by atoms with E-state index in [9.17, 15) is 29.4 Å². The summed E-state index contributed by atoms with van der Waals surface area (Å²) in [6.45, 7) is 2.88. The number of carbonyl (C=O) groups excluding carboxylic acids is 3. The molecule has 0 aliphatic rings. The summed E-state index contributed by atoms with van der Waals surface area (Å²) < 4.78 is 0. The van der Waals surface area contributed by atoms with Crippen molar-refractivity contribution in [3.63, 3.8) is 0 Å². The molecular weight excluding hydrogens is 470 g/mol. The van der Waals surface area contributed by atoms with Gasteiger partial charge in [0.25, 0.3) is 0 Å².